The quantitative estimate of drug-likeness (QED) is 0.571. The van der Waals surface area contributed by atoms with Gasteiger partial charge < -0.3 is 30.0 Å². The van der Waals surface area contributed by atoms with Gasteiger partial charge in [0.2, 0.25) is 0 Å². The van der Waals surface area contributed by atoms with E-state index in [1.54, 1.807) is 11.0 Å². The molecule has 0 radical (unpaired) electrons. The van der Waals surface area contributed by atoms with E-state index in [4.69, 9.17) is 15.6 Å². The van der Waals surface area contributed by atoms with E-state index < -0.39 is 11.7 Å². The van der Waals surface area contributed by atoms with Crippen LogP contribution in [0.25, 0.3) is 0 Å². The Morgan fingerprint density at radius 1 is 1.09 bits per heavy atom. The molecule has 9 heteroatoms. The number of allylic oxidation sites excluding steroid dienone is 3. The van der Waals surface area contributed by atoms with Crippen molar-refractivity contribution in [2.75, 3.05) is 39.8 Å². The highest BCUT2D eigenvalue weighted by molar-refractivity contribution is 5.68. The normalized spacial score (nSPS) is 16.3. The van der Waals surface area contributed by atoms with Crippen LogP contribution < -0.4 is 5.73 Å². The molecule has 1 aliphatic heterocycles. The first-order valence-corrected chi connectivity index (χ1v) is 11.3. The van der Waals surface area contributed by atoms with Crippen LogP contribution in [0.15, 0.2) is 24.0 Å². The van der Waals surface area contributed by atoms with Crippen molar-refractivity contribution in [1.82, 2.24) is 9.80 Å². The minimum absolute atomic E-state index is 0.0596. The van der Waals surface area contributed by atoms with Crippen LogP contribution in [0.1, 0.15) is 60.3 Å². The summed E-state index contributed by atoms with van der Waals surface area (Å²) in [5, 5.41) is 7.00. The molecule has 0 atom stereocenters. The summed E-state index contributed by atoms with van der Waals surface area (Å²) in [6.07, 6.45) is 9.08. The molecule has 33 heavy (non-hydrogen) atoms. The van der Waals surface area contributed by atoms with Crippen molar-refractivity contribution in [3.05, 3.63) is 24.0 Å². The van der Waals surface area contributed by atoms with Crippen molar-refractivity contribution >= 4 is 18.5 Å². The summed E-state index contributed by atoms with van der Waals surface area (Å²) >= 11 is 0. The molecule has 3 N–H and O–H groups in total. The van der Waals surface area contributed by atoms with Crippen molar-refractivity contribution in [3.63, 3.8) is 0 Å². The highest BCUT2D eigenvalue weighted by Gasteiger charge is 2.26. The number of primary amides is 1. The van der Waals surface area contributed by atoms with Gasteiger partial charge in [-0.15, -0.1) is 0 Å². The van der Waals surface area contributed by atoms with Gasteiger partial charge >= 0.3 is 12.2 Å². The molecule has 1 aliphatic carbocycles. The second kappa shape index (κ2) is 15.4. The first kappa shape index (κ1) is 30.6. The summed E-state index contributed by atoms with van der Waals surface area (Å²) < 4.78 is 9.99. The highest BCUT2D eigenvalue weighted by atomic mass is 16.6. The molecule has 0 aromatic rings. The number of hydrogen-bond acceptors (Lipinski definition) is 7. The summed E-state index contributed by atoms with van der Waals surface area (Å²) in [6.45, 7) is 14.0. The lowest BCUT2D eigenvalue weighted by Crippen LogP contribution is -2.50. The number of piperazine rings is 1. The molecule has 0 saturated carbocycles. The number of nitrogens with two attached hydrogens (primary N) is 1. The van der Waals surface area contributed by atoms with E-state index >= 15 is 0 Å². The van der Waals surface area contributed by atoms with E-state index in [9.17, 15) is 14.4 Å². The lowest BCUT2D eigenvalue weighted by molar-refractivity contribution is -0.109. The van der Waals surface area contributed by atoms with Gasteiger partial charge in [0.25, 0.3) is 0 Å². The smallest absolute Gasteiger partial charge is 0.410 e. The number of ether oxygens (including phenoxy) is 2. The van der Waals surface area contributed by atoms with Crippen LogP contribution in [0.5, 0.6) is 0 Å². The van der Waals surface area contributed by atoms with E-state index in [0.717, 1.165) is 52.3 Å². The monoisotopic (exact) mass is 469 g/mol. The second-order valence-corrected chi connectivity index (χ2v) is 9.60. The average Bonchev–Trinajstić information content (AvgIpc) is 2.74. The maximum absolute atomic E-state index is 12.0. The minimum atomic E-state index is -0.752. The van der Waals surface area contributed by atoms with E-state index in [-0.39, 0.29) is 11.5 Å². The molecule has 1 heterocycles. The van der Waals surface area contributed by atoms with Gasteiger partial charge in [0, 0.05) is 39.7 Å². The highest BCUT2D eigenvalue weighted by Crippen LogP contribution is 2.24. The molecular formula is C24H43N3O6. The van der Waals surface area contributed by atoms with Crippen LogP contribution in [0.3, 0.4) is 0 Å². The Hall–Kier alpha value is -2.39. The Morgan fingerprint density at radius 3 is 2.15 bits per heavy atom. The molecule has 1 fully saturated rings. The van der Waals surface area contributed by atoms with Gasteiger partial charge in [-0.1, -0.05) is 19.9 Å². The van der Waals surface area contributed by atoms with Crippen molar-refractivity contribution < 1.29 is 29.0 Å². The summed E-state index contributed by atoms with van der Waals surface area (Å²) in [5.74, 6) is 0.554. The fraction of sp³-hybridized carbons (Fsp3) is 0.708. The molecule has 1 saturated heterocycles. The van der Waals surface area contributed by atoms with Gasteiger partial charge in [0.15, 0.2) is 0 Å². The van der Waals surface area contributed by atoms with Crippen LogP contribution in [0.4, 0.5) is 9.59 Å². The number of aldehydes is 1. The zero-order valence-electron chi connectivity index (χ0n) is 21.1. The SMILES string of the molecule is CC(C)(CC=O)CCN1CCN(C(=O)OC(C)(C)C)CC1.CO.NC(=O)OC1=CCCC=C1. The molecule has 0 unspecified atom stereocenters. The largest absolute Gasteiger partial charge is 0.444 e. The predicted molar refractivity (Wildman–Crippen MR) is 129 cm³/mol. The van der Waals surface area contributed by atoms with Crippen LogP contribution in [-0.2, 0) is 14.3 Å². The first-order valence-electron chi connectivity index (χ1n) is 11.3. The van der Waals surface area contributed by atoms with Crippen LogP contribution in [0, 0.1) is 5.41 Å². The number of nitrogens with zero attached hydrogens (tertiary/aromatic N) is 2. The van der Waals surface area contributed by atoms with Crippen molar-refractivity contribution in [3.8, 4) is 0 Å². The number of hydrogen-bond donors (Lipinski definition) is 2. The van der Waals surface area contributed by atoms with Crippen molar-refractivity contribution in [2.24, 2.45) is 11.1 Å². The number of carbonyl (C=O) groups is 3. The number of amides is 2. The van der Waals surface area contributed by atoms with Crippen LogP contribution in [-0.4, -0.2) is 78.8 Å². The van der Waals surface area contributed by atoms with Crippen molar-refractivity contribution in [2.45, 2.75) is 65.9 Å². The Kier molecular flexibility index (Phi) is 14.3. The molecule has 0 aromatic heterocycles. The molecular weight excluding hydrogens is 426 g/mol. The van der Waals surface area contributed by atoms with E-state index in [0.29, 0.717) is 25.3 Å². The van der Waals surface area contributed by atoms with Gasteiger partial charge in [-0.3, -0.25) is 4.90 Å². The molecule has 0 bridgehead atoms. The molecule has 0 aromatic carbocycles. The van der Waals surface area contributed by atoms with Gasteiger partial charge in [0.1, 0.15) is 17.6 Å². The number of aliphatic hydroxyl groups is 1. The van der Waals surface area contributed by atoms with E-state index in [2.05, 4.69) is 23.5 Å². The maximum atomic E-state index is 12.0. The number of aliphatic hydroxyl groups excluding tert-OH is 1. The summed E-state index contributed by atoms with van der Waals surface area (Å²) in [4.78, 5) is 36.9. The third kappa shape index (κ3) is 15.1. The van der Waals surface area contributed by atoms with Crippen molar-refractivity contribution in [1.29, 1.82) is 0 Å². The molecule has 9 nitrogen and oxygen atoms in total. The molecule has 2 rings (SSSR count). The fourth-order valence-electron chi connectivity index (χ4n) is 3.05. The van der Waals surface area contributed by atoms with E-state index in [1.807, 2.05) is 32.9 Å². The van der Waals surface area contributed by atoms with Gasteiger partial charge in [-0.25, -0.2) is 9.59 Å². The fourth-order valence-corrected chi connectivity index (χ4v) is 3.05. The maximum Gasteiger partial charge on any atom is 0.410 e. The zero-order valence-corrected chi connectivity index (χ0v) is 21.1. The lowest BCUT2D eigenvalue weighted by Gasteiger charge is -2.36. The molecule has 0 spiro atoms. The lowest BCUT2D eigenvalue weighted by atomic mass is 9.86. The Morgan fingerprint density at radius 2 is 1.70 bits per heavy atom. The standard InChI is InChI=1S/C16H30N2O3.C7H9NO2.CH4O/c1-15(2,3)21-14(20)18-11-9-17(10-12-18)8-6-16(4,5)7-13-19;8-7(9)10-6-4-2-1-3-5-6;1-2/h13H,6-12H2,1-5H3;2,4-5H,1,3H2,(H2,8,9);2H,1H3. The summed E-state index contributed by atoms with van der Waals surface area (Å²) in [7, 11) is 1.00. The molecule has 190 valence electrons. The van der Waals surface area contributed by atoms with Crippen LogP contribution in [0.2, 0.25) is 0 Å². The van der Waals surface area contributed by atoms with Gasteiger partial charge in [-0.05, 0) is 64.1 Å². The molecule has 2 aliphatic rings. The Balaban J connectivity index is 0.000000709. The predicted octanol–water partition coefficient (Wildman–Crippen LogP) is 3.47. The Bertz CT molecular complexity index is 660. The molecule has 2 amide bonds. The number of carbonyl (C=O) groups excluding carboxylic acids is 3. The van der Waals surface area contributed by atoms with Crippen LogP contribution >= 0.6 is 0 Å². The van der Waals surface area contributed by atoms with E-state index in [1.165, 1.54) is 0 Å². The average molecular weight is 470 g/mol. The third-order valence-electron chi connectivity index (χ3n) is 4.94. The third-order valence-corrected chi connectivity index (χ3v) is 4.94. The first-order chi connectivity index (χ1) is 15.4. The second-order valence-electron chi connectivity index (χ2n) is 9.60. The topological polar surface area (TPSA) is 122 Å². The summed E-state index contributed by atoms with van der Waals surface area (Å²) in [5.41, 5.74) is 4.41. The van der Waals surface area contributed by atoms with Gasteiger partial charge in [0.05, 0.1) is 0 Å². The number of rotatable bonds is 6. The van der Waals surface area contributed by atoms with Gasteiger partial charge in [-0.2, -0.15) is 0 Å². The minimum Gasteiger partial charge on any atom is -0.444 e. The Labute approximate surface area is 198 Å². The summed E-state index contributed by atoms with van der Waals surface area (Å²) in [6, 6.07) is 0. The zero-order chi connectivity index (χ0) is 25.5.